The van der Waals surface area contributed by atoms with Crippen LogP contribution in [0.15, 0.2) is 28.7 Å². The summed E-state index contributed by atoms with van der Waals surface area (Å²) in [5, 5.41) is 8.79. The molecular formula is C12H13N3O4S2. The molecule has 21 heavy (non-hydrogen) atoms. The molecule has 0 spiro atoms. The molecule has 9 heteroatoms. The van der Waals surface area contributed by atoms with E-state index in [0.717, 1.165) is 17.0 Å². The second-order valence-electron chi connectivity index (χ2n) is 4.22. The number of nitrogens with zero attached hydrogens (tertiary/aromatic N) is 2. The number of carbonyl (C=O) groups is 1. The molecule has 0 aromatic carbocycles. The number of aromatic carboxylic acids is 1. The van der Waals surface area contributed by atoms with E-state index in [-0.39, 0.29) is 15.6 Å². The lowest BCUT2D eigenvalue weighted by molar-refractivity contribution is 0.0702. The van der Waals surface area contributed by atoms with Gasteiger partial charge in [0, 0.05) is 25.4 Å². The van der Waals surface area contributed by atoms with Gasteiger partial charge in [-0.05, 0) is 19.1 Å². The minimum Gasteiger partial charge on any atom is -0.477 e. The van der Waals surface area contributed by atoms with Crippen LogP contribution >= 0.6 is 11.3 Å². The van der Waals surface area contributed by atoms with Gasteiger partial charge in [-0.3, -0.25) is 9.97 Å². The monoisotopic (exact) mass is 327 g/mol. The van der Waals surface area contributed by atoms with Crippen LogP contribution in [0.4, 0.5) is 0 Å². The predicted molar refractivity (Wildman–Crippen MR) is 76.9 cm³/mol. The standard InChI is InChI=1S/C12H13N3O4S2/c1-8-6-13-7-9(15-8)4-5-14-21(18,19)11-3-2-10(20-11)12(16)17/h2-3,6-7,14H,4-5H2,1H3,(H,16,17). The maximum atomic E-state index is 12.0. The summed E-state index contributed by atoms with van der Waals surface area (Å²) >= 11 is 0.719. The molecule has 0 aliphatic rings. The number of hydrogen-bond donors (Lipinski definition) is 2. The average Bonchev–Trinajstić information content (AvgIpc) is 2.89. The summed E-state index contributed by atoms with van der Waals surface area (Å²) in [7, 11) is -3.70. The second-order valence-corrected chi connectivity index (χ2v) is 7.30. The fourth-order valence-corrected chi connectivity index (χ4v) is 3.82. The van der Waals surface area contributed by atoms with Gasteiger partial charge in [0.2, 0.25) is 10.0 Å². The van der Waals surface area contributed by atoms with Crippen molar-refractivity contribution < 1.29 is 18.3 Å². The number of carboxylic acids is 1. The van der Waals surface area contributed by atoms with Gasteiger partial charge in [0.1, 0.15) is 9.09 Å². The Bertz CT molecular complexity index is 755. The molecule has 0 saturated carbocycles. The van der Waals surface area contributed by atoms with Crippen LogP contribution in [0.5, 0.6) is 0 Å². The maximum Gasteiger partial charge on any atom is 0.345 e. The van der Waals surface area contributed by atoms with Crippen LogP contribution < -0.4 is 4.72 Å². The Kier molecular flexibility index (Phi) is 4.66. The van der Waals surface area contributed by atoms with Crippen LogP contribution in [0.3, 0.4) is 0 Å². The fraction of sp³-hybridized carbons (Fsp3) is 0.250. The van der Waals surface area contributed by atoms with E-state index in [1.807, 2.05) is 0 Å². The largest absolute Gasteiger partial charge is 0.477 e. The molecule has 2 aromatic heterocycles. The zero-order valence-electron chi connectivity index (χ0n) is 11.1. The minimum atomic E-state index is -3.70. The Hall–Kier alpha value is -1.84. The molecule has 2 N–H and O–H groups in total. The van der Waals surface area contributed by atoms with Gasteiger partial charge in [0.05, 0.1) is 11.4 Å². The molecular weight excluding hydrogens is 314 g/mol. The van der Waals surface area contributed by atoms with Crippen LogP contribution in [0.25, 0.3) is 0 Å². The van der Waals surface area contributed by atoms with Gasteiger partial charge in [0.15, 0.2) is 0 Å². The number of carboxylic acid groups (broad SMARTS) is 1. The summed E-state index contributed by atoms with van der Waals surface area (Å²) in [6.07, 6.45) is 3.60. The van der Waals surface area contributed by atoms with E-state index in [4.69, 9.17) is 5.11 Å². The molecule has 0 unspecified atom stereocenters. The Labute approximate surface area is 125 Å². The van der Waals surface area contributed by atoms with E-state index in [0.29, 0.717) is 12.1 Å². The number of nitrogens with one attached hydrogen (secondary N) is 1. The Morgan fingerprint density at radius 3 is 2.76 bits per heavy atom. The van der Waals surface area contributed by atoms with Gasteiger partial charge in [-0.25, -0.2) is 17.9 Å². The summed E-state index contributed by atoms with van der Waals surface area (Å²) in [5.41, 5.74) is 1.45. The molecule has 0 aliphatic heterocycles. The number of thiophene rings is 1. The molecule has 0 fully saturated rings. The highest BCUT2D eigenvalue weighted by atomic mass is 32.2. The Balaban J connectivity index is 1.99. The first-order chi connectivity index (χ1) is 9.88. The molecule has 112 valence electrons. The highest BCUT2D eigenvalue weighted by molar-refractivity contribution is 7.91. The van der Waals surface area contributed by atoms with Gasteiger partial charge in [-0.2, -0.15) is 0 Å². The van der Waals surface area contributed by atoms with Crippen molar-refractivity contribution in [3.63, 3.8) is 0 Å². The van der Waals surface area contributed by atoms with E-state index in [9.17, 15) is 13.2 Å². The Morgan fingerprint density at radius 2 is 2.14 bits per heavy atom. The number of hydrogen-bond acceptors (Lipinski definition) is 6. The molecule has 0 saturated heterocycles. The third kappa shape index (κ3) is 4.06. The lowest BCUT2D eigenvalue weighted by atomic mass is 10.3. The van der Waals surface area contributed by atoms with Crippen LogP contribution in [0.1, 0.15) is 21.1 Å². The van der Waals surface area contributed by atoms with E-state index < -0.39 is 16.0 Å². The van der Waals surface area contributed by atoms with Crippen molar-refractivity contribution in [3.05, 3.63) is 40.8 Å². The maximum absolute atomic E-state index is 12.0. The third-order valence-corrected chi connectivity index (χ3v) is 5.56. The molecule has 7 nitrogen and oxygen atoms in total. The van der Waals surface area contributed by atoms with Crippen LogP contribution in [-0.2, 0) is 16.4 Å². The summed E-state index contributed by atoms with van der Waals surface area (Å²) < 4.78 is 26.4. The van der Waals surface area contributed by atoms with Crippen LogP contribution in [0, 0.1) is 6.92 Å². The van der Waals surface area contributed by atoms with Gasteiger partial charge >= 0.3 is 5.97 Å². The zero-order valence-corrected chi connectivity index (χ0v) is 12.7. The summed E-state index contributed by atoms with van der Waals surface area (Å²) in [6.45, 7) is 1.97. The molecule has 0 aliphatic carbocycles. The molecule has 2 heterocycles. The fourth-order valence-electron chi connectivity index (χ4n) is 1.60. The molecule has 0 radical (unpaired) electrons. The van der Waals surface area contributed by atoms with Gasteiger partial charge < -0.3 is 5.11 Å². The van der Waals surface area contributed by atoms with Crippen molar-refractivity contribution in [1.82, 2.24) is 14.7 Å². The third-order valence-electron chi connectivity index (χ3n) is 2.54. The quantitative estimate of drug-likeness (QED) is 0.821. The van der Waals surface area contributed by atoms with Gasteiger partial charge in [0.25, 0.3) is 0 Å². The first kappa shape index (κ1) is 15.5. The molecule has 0 atom stereocenters. The lowest BCUT2D eigenvalue weighted by Crippen LogP contribution is -2.25. The molecule has 2 rings (SSSR count). The average molecular weight is 327 g/mol. The highest BCUT2D eigenvalue weighted by Crippen LogP contribution is 2.21. The number of aromatic nitrogens is 2. The van der Waals surface area contributed by atoms with Crippen molar-refractivity contribution >= 4 is 27.3 Å². The van der Waals surface area contributed by atoms with E-state index in [1.54, 1.807) is 19.3 Å². The van der Waals surface area contributed by atoms with Gasteiger partial charge in [-0.1, -0.05) is 0 Å². The van der Waals surface area contributed by atoms with Crippen molar-refractivity contribution in [3.8, 4) is 0 Å². The first-order valence-electron chi connectivity index (χ1n) is 5.99. The number of rotatable bonds is 6. The molecule has 2 aromatic rings. The summed E-state index contributed by atoms with van der Waals surface area (Å²) in [4.78, 5) is 18.9. The normalized spacial score (nSPS) is 11.5. The SMILES string of the molecule is Cc1cncc(CCNS(=O)(=O)c2ccc(C(=O)O)s2)n1. The summed E-state index contributed by atoms with van der Waals surface area (Å²) in [5.74, 6) is -1.14. The minimum absolute atomic E-state index is 0.0140. The lowest BCUT2D eigenvalue weighted by Gasteiger charge is -2.04. The van der Waals surface area contributed by atoms with Crippen molar-refractivity contribution in [1.29, 1.82) is 0 Å². The second kappa shape index (κ2) is 6.29. The van der Waals surface area contributed by atoms with Crippen molar-refractivity contribution in [2.45, 2.75) is 17.6 Å². The van der Waals surface area contributed by atoms with Crippen molar-refractivity contribution in [2.75, 3.05) is 6.54 Å². The topological polar surface area (TPSA) is 109 Å². The first-order valence-corrected chi connectivity index (χ1v) is 8.29. The highest BCUT2D eigenvalue weighted by Gasteiger charge is 2.18. The van der Waals surface area contributed by atoms with Gasteiger partial charge in [-0.15, -0.1) is 11.3 Å². The molecule has 0 amide bonds. The predicted octanol–water partition coefficient (Wildman–Crippen LogP) is 1.07. The van der Waals surface area contributed by atoms with E-state index >= 15 is 0 Å². The van der Waals surface area contributed by atoms with Crippen LogP contribution in [0.2, 0.25) is 0 Å². The number of sulfonamides is 1. The number of aryl methyl sites for hydroxylation is 1. The van der Waals surface area contributed by atoms with Crippen molar-refractivity contribution in [2.24, 2.45) is 0 Å². The molecule has 0 bridgehead atoms. The Morgan fingerprint density at radius 1 is 1.38 bits per heavy atom. The van der Waals surface area contributed by atoms with E-state index in [2.05, 4.69) is 14.7 Å². The smallest absolute Gasteiger partial charge is 0.345 e. The van der Waals surface area contributed by atoms with E-state index in [1.165, 1.54) is 12.1 Å². The zero-order chi connectivity index (χ0) is 15.5. The summed E-state index contributed by atoms with van der Waals surface area (Å²) in [6, 6.07) is 2.55. The van der Waals surface area contributed by atoms with Crippen LogP contribution in [-0.4, -0.2) is 36.0 Å².